The first-order valence-electron chi connectivity index (χ1n) is 4.50. The van der Waals surface area contributed by atoms with Crippen LogP contribution in [0.4, 0.5) is 0 Å². The van der Waals surface area contributed by atoms with Crippen molar-refractivity contribution in [3.8, 4) is 11.5 Å². The fraction of sp³-hybridized carbons (Fsp3) is 0.300. The van der Waals surface area contributed by atoms with Gasteiger partial charge in [-0.3, -0.25) is 4.79 Å². The van der Waals surface area contributed by atoms with Crippen LogP contribution in [0, 0.1) is 0 Å². The van der Waals surface area contributed by atoms with Crippen LogP contribution >= 0.6 is 0 Å². The number of ether oxygens (including phenoxy) is 1. The van der Waals surface area contributed by atoms with Crippen LogP contribution in [-0.4, -0.2) is 34.4 Å². The van der Waals surface area contributed by atoms with Gasteiger partial charge in [-0.1, -0.05) is 12.1 Å². The maximum atomic E-state index is 10.7. The minimum Gasteiger partial charge on any atom is -0.504 e. The predicted molar refractivity (Wildman–Crippen MR) is 54.8 cm³/mol. The molecule has 5 N–H and O–H groups in total. The molecule has 1 amide bonds. The number of amides is 1. The van der Waals surface area contributed by atoms with E-state index >= 15 is 0 Å². The maximum Gasteiger partial charge on any atom is 0.249 e. The highest BCUT2D eigenvalue weighted by molar-refractivity contribution is 5.79. The lowest BCUT2D eigenvalue weighted by atomic mass is 10.0. The normalized spacial score (nSPS) is 14.2. The van der Waals surface area contributed by atoms with Gasteiger partial charge in [-0.15, -0.1) is 0 Å². The molecule has 0 radical (unpaired) electrons. The summed E-state index contributed by atoms with van der Waals surface area (Å²) in [7, 11) is 1.34. The predicted octanol–water partition coefficient (Wildman–Crippen LogP) is -0.720. The Bertz CT molecular complexity index is 393. The molecule has 6 nitrogen and oxygen atoms in total. The fourth-order valence-corrected chi connectivity index (χ4v) is 1.27. The van der Waals surface area contributed by atoms with Gasteiger partial charge >= 0.3 is 0 Å². The number of benzene rings is 1. The third-order valence-electron chi connectivity index (χ3n) is 2.16. The third kappa shape index (κ3) is 2.23. The van der Waals surface area contributed by atoms with Crippen LogP contribution in [0.15, 0.2) is 18.2 Å². The van der Waals surface area contributed by atoms with Crippen molar-refractivity contribution in [2.75, 3.05) is 7.11 Å². The minimum absolute atomic E-state index is 0.0225. The molecule has 0 aliphatic heterocycles. The molecular formula is C10H13NO5. The topological polar surface area (TPSA) is 113 Å². The molecule has 16 heavy (non-hydrogen) atoms. The van der Waals surface area contributed by atoms with Crippen molar-refractivity contribution in [3.63, 3.8) is 0 Å². The van der Waals surface area contributed by atoms with E-state index in [0.717, 1.165) is 0 Å². The second-order valence-corrected chi connectivity index (χ2v) is 3.19. The number of rotatable bonds is 4. The van der Waals surface area contributed by atoms with Gasteiger partial charge in [0, 0.05) is 5.56 Å². The number of aliphatic hydroxyl groups is 2. The van der Waals surface area contributed by atoms with E-state index in [0.29, 0.717) is 0 Å². The number of carbonyl (C=O) groups is 1. The lowest BCUT2D eigenvalue weighted by Gasteiger charge is -2.17. The van der Waals surface area contributed by atoms with Gasteiger partial charge in [-0.2, -0.15) is 0 Å². The molecule has 0 aliphatic rings. The summed E-state index contributed by atoms with van der Waals surface area (Å²) in [5, 5.41) is 28.5. The summed E-state index contributed by atoms with van der Waals surface area (Å²) in [5.41, 5.74) is 4.81. The molecule has 1 aromatic rings. The Morgan fingerprint density at radius 1 is 1.44 bits per heavy atom. The van der Waals surface area contributed by atoms with Gasteiger partial charge in [0.25, 0.3) is 0 Å². The number of phenolic OH excluding ortho intramolecular Hbond substituents is 1. The van der Waals surface area contributed by atoms with Crippen LogP contribution < -0.4 is 10.5 Å². The van der Waals surface area contributed by atoms with E-state index in [9.17, 15) is 20.1 Å². The summed E-state index contributed by atoms with van der Waals surface area (Å²) in [6.07, 6.45) is -3.37. The average Bonchev–Trinajstić information content (AvgIpc) is 2.27. The molecule has 2 atom stereocenters. The van der Waals surface area contributed by atoms with Crippen molar-refractivity contribution in [2.45, 2.75) is 12.2 Å². The van der Waals surface area contributed by atoms with E-state index in [4.69, 9.17) is 10.5 Å². The molecular weight excluding hydrogens is 214 g/mol. The second kappa shape index (κ2) is 4.82. The zero-order chi connectivity index (χ0) is 12.3. The molecule has 0 bridgehead atoms. The standard InChI is InChI=1S/C10H13NO5/c1-16-6-4-2-3-5(7(6)12)8(13)9(14)10(11)15/h2-4,8-9,12-14H,1H3,(H2,11,15). The molecule has 1 rings (SSSR count). The van der Waals surface area contributed by atoms with Crippen LogP contribution in [0.1, 0.15) is 11.7 Å². The largest absolute Gasteiger partial charge is 0.504 e. The Labute approximate surface area is 91.9 Å². The molecule has 0 fully saturated rings. The average molecular weight is 227 g/mol. The molecule has 0 saturated carbocycles. The Morgan fingerprint density at radius 2 is 2.06 bits per heavy atom. The van der Waals surface area contributed by atoms with Crippen molar-refractivity contribution in [2.24, 2.45) is 5.73 Å². The first-order chi connectivity index (χ1) is 7.49. The van der Waals surface area contributed by atoms with Gasteiger partial charge in [0.1, 0.15) is 6.10 Å². The van der Waals surface area contributed by atoms with Gasteiger partial charge < -0.3 is 25.8 Å². The maximum absolute atomic E-state index is 10.7. The fourth-order valence-electron chi connectivity index (χ4n) is 1.27. The SMILES string of the molecule is COc1cccc(C(O)C(O)C(N)=O)c1O. The molecule has 0 saturated heterocycles. The number of aliphatic hydroxyl groups excluding tert-OH is 2. The summed E-state index contributed by atoms with van der Waals surface area (Å²) < 4.78 is 4.82. The van der Waals surface area contributed by atoms with E-state index in [2.05, 4.69) is 0 Å². The summed E-state index contributed by atoms with van der Waals surface area (Å²) >= 11 is 0. The van der Waals surface area contributed by atoms with E-state index in [1.807, 2.05) is 0 Å². The van der Waals surface area contributed by atoms with Crippen LogP contribution in [0.3, 0.4) is 0 Å². The summed E-state index contributed by atoms with van der Waals surface area (Å²) in [5.74, 6) is -1.28. The number of aromatic hydroxyl groups is 1. The number of hydrogen-bond donors (Lipinski definition) is 4. The first-order valence-corrected chi connectivity index (χ1v) is 4.50. The third-order valence-corrected chi connectivity index (χ3v) is 2.16. The van der Waals surface area contributed by atoms with Gasteiger partial charge in [-0.05, 0) is 6.07 Å². The number of hydrogen-bond acceptors (Lipinski definition) is 5. The van der Waals surface area contributed by atoms with Crippen molar-refractivity contribution < 1.29 is 24.9 Å². The highest BCUT2D eigenvalue weighted by Gasteiger charge is 2.26. The number of carbonyl (C=O) groups excluding carboxylic acids is 1. The number of methoxy groups -OCH3 is 1. The van der Waals surface area contributed by atoms with E-state index in [1.165, 1.54) is 25.3 Å². The number of primary amides is 1. The van der Waals surface area contributed by atoms with Crippen LogP contribution in [-0.2, 0) is 4.79 Å². The quantitative estimate of drug-likeness (QED) is 0.542. The molecule has 0 aliphatic carbocycles. The second-order valence-electron chi connectivity index (χ2n) is 3.19. The smallest absolute Gasteiger partial charge is 0.249 e. The Balaban J connectivity index is 3.08. The highest BCUT2D eigenvalue weighted by Crippen LogP contribution is 2.34. The van der Waals surface area contributed by atoms with Crippen molar-refractivity contribution in [1.82, 2.24) is 0 Å². The van der Waals surface area contributed by atoms with Crippen LogP contribution in [0.2, 0.25) is 0 Å². The lowest BCUT2D eigenvalue weighted by Crippen LogP contribution is -2.33. The monoisotopic (exact) mass is 227 g/mol. The zero-order valence-corrected chi connectivity index (χ0v) is 8.62. The lowest BCUT2D eigenvalue weighted by molar-refractivity contribution is -0.132. The van der Waals surface area contributed by atoms with Crippen molar-refractivity contribution in [3.05, 3.63) is 23.8 Å². The van der Waals surface area contributed by atoms with Crippen molar-refractivity contribution >= 4 is 5.91 Å². The molecule has 2 unspecified atom stereocenters. The van der Waals surface area contributed by atoms with E-state index in [1.54, 1.807) is 0 Å². The molecule has 0 aromatic heterocycles. The molecule has 6 heteroatoms. The van der Waals surface area contributed by atoms with Crippen molar-refractivity contribution in [1.29, 1.82) is 0 Å². The molecule has 88 valence electrons. The Morgan fingerprint density at radius 3 is 2.56 bits per heavy atom. The summed E-state index contributed by atoms with van der Waals surface area (Å²) in [6.45, 7) is 0. The van der Waals surface area contributed by atoms with Crippen LogP contribution in [0.25, 0.3) is 0 Å². The number of para-hydroxylation sites is 1. The van der Waals surface area contributed by atoms with Gasteiger partial charge in [0.15, 0.2) is 17.6 Å². The zero-order valence-electron chi connectivity index (χ0n) is 8.62. The number of phenols is 1. The molecule has 0 spiro atoms. The minimum atomic E-state index is -1.78. The summed E-state index contributed by atoms with van der Waals surface area (Å²) in [6, 6.07) is 4.34. The number of nitrogens with two attached hydrogens (primary N) is 1. The van der Waals surface area contributed by atoms with E-state index in [-0.39, 0.29) is 17.1 Å². The van der Waals surface area contributed by atoms with Gasteiger partial charge in [-0.25, -0.2) is 0 Å². The first kappa shape index (κ1) is 12.3. The molecule has 1 aromatic carbocycles. The summed E-state index contributed by atoms with van der Waals surface area (Å²) in [4.78, 5) is 10.7. The van der Waals surface area contributed by atoms with E-state index < -0.39 is 18.1 Å². The molecule has 0 heterocycles. The Hall–Kier alpha value is -1.79. The highest BCUT2D eigenvalue weighted by atomic mass is 16.5. The van der Waals surface area contributed by atoms with Crippen LogP contribution in [0.5, 0.6) is 11.5 Å². The Kier molecular flexibility index (Phi) is 3.70. The van der Waals surface area contributed by atoms with Gasteiger partial charge in [0.05, 0.1) is 7.11 Å². The van der Waals surface area contributed by atoms with Gasteiger partial charge in [0.2, 0.25) is 5.91 Å².